The lowest BCUT2D eigenvalue weighted by molar-refractivity contribution is 0.232. The third-order valence-electron chi connectivity index (χ3n) is 4.11. The fourth-order valence-corrected chi connectivity index (χ4v) is 2.94. The molecule has 0 unspecified atom stereocenters. The van der Waals surface area contributed by atoms with E-state index in [0.29, 0.717) is 0 Å². The minimum atomic E-state index is 0.912. The first-order chi connectivity index (χ1) is 10.9. The molecule has 0 bridgehead atoms. The largest absolute Gasteiger partial charge is 0.314 e. The molecule has 1 saturated heterocycles. The predicted octanol–water partition coefficient (Wildman–Crippen LogP) is 1.80. The number of hydrogen-bond acceptors (Lipinski definition) is 4. The molecule has 5 heteroatoms. The van der Waals surface area contributed by atoms with Crippen molar-refractivity contribution in [2.75, 3.05) is 26.2 Å². The van der Waals surface area contributed by atoms with Gasteiger partial charge in [0.15, 0.2) is 5.65 Å². The van der Waals surface area contributed by atoms with Gasteiger partial charge in [0.05, 0.1) is 6.20 Å². The van der Waals surface area contributed by atoms with Crippen molar-refractivity contribution in [1.29, 1.82) is 0 Å². The first-order valence-electron chi connectivity index (χ1n) is 7.71. The molecule has 0 amide bonds. The molecule has 1 aromatic carbocycles. The van der Waals surface area contributed by atoms with E-state index in [0.717, 1.165) is 49.5 Å². The average Bonchev–Trinajstić information content (AvgIpc) is 3.00. The van der Waals surface area contributed by atoms with Crippen molar-refractivity contribution in [3.8, 4) is 11.1 Å². The minimum Gasteiger partial charge on any atom is -0.314 e. The second-order valence-corrected chi connectivity index (χ2v) is 5.68. The van der Waals surface area contributed by atoms with Crippen LogP contribution in [0.2, 0.25) is 0 Å². The van der Waals surface area contributed by atoms with Crippen LogP contribution in [0.1, 0.15) is 5.56 Å². The van der Waals surface area contributed by atoms with E-state index in [1.54, 1.807) is 0 Å². The van der Waals surface area contributed by atoms with Crippen LogP contribution >= 0.6 is 0 Å². The molecule has 0 radical (unpaired) electrons. The van der Waals surface area contributed by atoms with Crippen LogP contribution in [0, 0.1) is 0 Å². The van der Waals surface area contributed by atoms with Crippen molar-refractivity contribution in [3.63, 3.8) is 0 Å². The summed E-state index contributed by atoms with van der Waals surface area (Å²) in [7, 11) is 0. The number of rotatable bonds is 3. The number of piperazine rings is 1. The molecule has 0 aliphatic carbocycles. The average molecular weight is 293 g/mol. The van der Waals surface area contributed by atoms with Crippen LogP contribution in [0.15, 0.2) is 48.9 Å². The monoisotopic (exact) mass is 293 g/mol. The van der Waals surface area contributed by atoms with Crippen molar-refractivity contribution >= 4 is 5.65 Å². The summed E-state index contributed by atoms with van der Waals surface area (Å²) in [6.45, 7) is 5.25. The summed E-state index contributed by atoms with van der Waals surface area (Å²) in [6, 6.07) is 10.3. The molecule has 3 aromatic rings. The van der Waals surface area contributed by atoms with Gasteiger partial charge in [0.25, 0.3) is 0 Å². The molecule has 0 spiro atoms. The van der Waals surface area contributed by atoms with Crippen LogP contribution in [0.25, 0.3) is 16.8 Å². The minimum absolute atomic E-state index is 0.912. The molecular weight excluding hydrogens is 274 g/mol. The zero-order valence-corrected chi connectivity index (χ0v) is 12.4. The maximum Gasteiger partial charge on any atom is 0.162 e. The van der Waals surface area contributed by atoms with Gasteiger partial charge in [-0.25, -0.2) is 9.50 Å². The Bertz CT molecular complexity index is 759. The number of nitrogens with one attached hydrogen (secondary N) is 1. The summed E-state index contributed by atoms with van der Waals surface area (Å²) in [5, 5.41) is 7.85. The van der Waals surface area contributed by atoms with Gasteiger partial charge in [-0.15, -0.1) is 0 Å². The fourth-order valence-electron chi connectivity index (χ4n) is 2.94. The highest BCUT2D eigenvalue weighted by atomic mass is 15.2. The van der Waals surface area contributed by atoms with Crippen LogP contribution in [-0.4, -0.2) is 45.7 Å². The van der Waals surface area contributed by atoms with Gasteiger partial charge < -0.3 is 5.32 Å². The fraction of sp³-hybridized carbons (Fsp3) is 0.294. The number of fused-ring (bicyclic) bond motifs is 1. The lowest BCUT2D eigenvalue weighted by Crippen LogP contribution is -2.42. The summed E-state index contributed by atoms with van der Waals surface area (Å²) in [5.74, 6) is 0. The summed E-state index contributed by atoms with van der Waals surface area (Å²) in [6.07, 6.45) is 5.97. The smallest absolute Gasteiger partial charge is 0.162 e. The van der Waals surface area contributed by atoms with E-state index in [-0.39, 0.29) is 0 Å². The Morgan fingerprint density at radius 2 is 1.86 bits per heavy atom. The standard InChI is InChI=1S/C17H19N5/c1-2-4-15(5-3-1)16-11-20-22-13-14(10-19-17(16)22)12-21-8-6-18-7-9-21/h1-5,10-11,13,18H,6-9,12H2. The van der Waals surface area contributed by atoms with Crippen molar-refractivity contribution < 1.29 is 0 Å². The second kappa shape index (κ2) is 5.87. The topological polar surface area (TPSA) is 45.5 Å². The Kier molecular flexibility index (Phi) is 3.58. The molecule has 1 fully saturated rings. The zero-order chi connectivity index (χ0) is 14.8. The first-order valence-corrected chi connectivity index (χ1v) is 7.71. The second-order valence-electron chi connectivity index (χ2n) is 5.68. The molecule has 112 valence electrons. The van der Waals surface area contributed by atoms with Crippen LogP contribution in [-0.2, 0) is 6.54 Å². The Hall–Kier alpha value is -2.24. The molecule has 1 aliphatic rings. The number of nitrogens with zero attached hydrogens (tertiary/aromatic N) is 4. The molecule has 2 aromatic heterocycles. The van der Waals surface area contributed by atoms with Crippen molar-refractivity contribution in [1.82, 2.24) is 24.8 Å². The molecule has 4 rings (SSSR count). The SMILES string of the molecule is c1ccc(-c2cnn3cc(CN4CCNCC4)cnc23)cc1. The Morgan fingerprint density at radius 1 is 1.05 bits per heavy atom. The summed E-state index contributed by atoms with van der Waals surface area (Å²) < 4.78 is 1.89. The zero-order valence-electron chi connectivity index (χ0n) is 12.4. The van der Waals surface area contributed by atoms with Crippen molar-refractivity contribution in [3.05, 3.63) is 54.5 Å². The highest BCUT2D eigenvalue weighted by molar-refractivity contribution is 5.76. The van der Waals surface area contributed by atoms with Gasteiger partial charge in [0, 0.05) is 56.2 Å². The van der Waals surface area contributed by atoms with Crippen LogP contribution in [0.3, 0.4) is 0 Å². The third kappa shape index (κ3) is 2.61. The van der Waals surface area contributed by atoms with Gasteiger partial charge in [0.1, 0.15) is 0 Å². The first kappa shape index (κ1) is 13.4. The van der Waals surface area contributed by atoms with Gasteiger partial charge in [0.2, 0.25) is 0 Å². The summed E-state index contributed by atoms with van der Waals surface area (Å²) >= 11 is 0. The van der Waals surface area contributed by atoms with Crippen molar-refractivity contribution in [2.24, 2.45) is 0 Å². The van der Waals surface area contributed by atoms with Crippen LogP contribution in [0.5, 0.6) is 0 Å². The summed E-state index contributed by atoms with van der Waals surface area (Å²) in [4.78, 5) is 7.09. The molecule has 5 nitrogen and oxygen atoms in total. The maximum atomic E-state index is 4.64. The van der Waals surface area contributed by atoms with Gasteiger partial charge >= 0.3 is 0 Å². The normalized spacial score (nSPS) is 16.2. The number of aromatic nitrogens is 3. The van der Waals surface area contributed by atoms with Gasteiger partial charge in [-0.05, 0) is 5.56 Å². The molecule has 0 atom stereocenters. The highest BCUT2D eigenvalue weighted by Crippen LogP contribution is 2.22. The molecular formula is C17H19N5. The van der Waals surface area contributed by atoms with Gasteiger partial charge in [-0.2, -0.15) is 5.10 Å². The van der Waals surface area contributed by atoms with Crippen molar-refractivity contribution in [2.45, 2.75) is 6.54 Å². The molecule has 0 saturated carbocycles. The van der Waals surface area contributed by atoms with Gasteiger partial charge in [-0.3, -0.25) is 4.90 Å². The Labute approximate surface area is 129 Å². The van der Waals surface area contributed by atoms with E-state index in [1.807, 2.05) is 35.1 Å². The molecule has 1 aliphatic heterocycles. The third-order valence-corrected chi connectivity index (χ3v) is 4.11. The Morgan fingerprint density at radius 3 is 2.68 bits per heavy atom. The Balaban J connectivity index is 1.62. The van der Waals surface area contributed by atoms with E-state index in [2.05, 4.69) is 38.6 Å². The summed E-state index contributed by atoms with van der Waals surface area (Å²) in [5.41, 5.74) is 4.35. The molecule has 1 N–H and O–H groups in total. The molecule has 22 heavy (non-hydrogen) atoms. The quantitative estimate of drug-likeness (QED) is 0.800. The van der Waals surface area contributed by atoms with Gasteiger partial charge in [-0.1, -0.05) is 30.3 Å². The lowest BCUT2D eigenvalue weighted by Gasteiger charge is -2.26. The van der Waals surface area contributed by atoms with E-state index in [9.17, 15) is 0 Å². The van der Waals surface area contributed by atoms with Crippen LogP contribution < -0.4 is 5.32 Å². The van der Waals surface area contributed by atoms with E-state index in [4.69, 9.17) is 0 Å². The lowest BCUT2D eigenvalue weighted by atomic mass is 10.1. The molecule has 3 heterocycles. The maximum absolute atomic E-state index is 4.64. The van der Waals surface area contributed by atoms with E-state index >= 15 is 0 Å². The van der Waals surface area contributed by atoms with E-state index in [1.165, 1.54) is 5.56 Å². The predicted molar refractivity (Wildman–Crippen MR) is 86.6 cm³/mol. The number of benzene rings is 1. The van der Waals surface area contributed by atoms with Crippen LogP contribution in [0.4, 0.5) is 0 Å². The van der Waals surface area contributed by atoms with E-state index < -0.39 is 0 Å². The number of hydrogen-bond donors (Lipinski definition) is 1. The highest BCUT2D eigenvalue weighted by Gasteiger charge is 2.12.